The summed E-state index contributed by atoms with van der Waals surface area (Å²) in [5.41, 5.74) is 1.30. The van der Waals surface area contributed by atoms with Crippen molar-refractivity contribution in [3.05, 3.63) is 35.9 Å². The molecule has 0 amide bonds. The number of nitriles is 1. The van der Waals surface area contributed by atoms with E-state index in [-0.39, 0.29) is 11.6 Å². The second kappa shape index (κ2) is 6.68. The van der Waals surface area contributed by atoms with Gasteiger partial charge in [-0.15, -0.1) is 0 Å². The summed E-state index contributed by atoms with van der Waals surface area (Å²) < 4.78 is 0. The van der Waals surface area contributed by atoms with Crippen LogP contribution < -0.4 is 5.32 Å². The summed E-state index contributed by atoms with van der Waals surface area (Å²) in [5.74, 6) is 1.79. The number of nitrogens with one attached hydrogen (secondary N) is 1. The Labute approximate surface area is 108 Å². The first kappa shape index (κ1) is 14.1. The molecule has 1 atom stereocenters. The van der Waals surface area contributed by atoms with Gasteiger partial charge in [-0.05, 0) is 26.3 Å². The Morgan fingerprint density at radius 1 is 1.29 bits per heavy atom. The van der Waals surface area contributed by atoms with Gasteiger partial charge in [0.15, 0.2) is 0 Å². The van der Waals surface area contributed by atoms with Crippen molar-refractivity contribution in [3.63, 3.8) is 0 Å². The summed E-state index contributed by atoms with van der Waals surface area (Å²) >= 11 is 1.79. The lowest BCUT2D eigenvalue weighted by Crippen LogP contribution is -2.44. The number of thioether (sulfide) groups is 1. The number of hydrogen-bond donors (Lipinski definition) is 1. The highest BCUT2D eigenvalue weighted by Gasteiger charge is 2.16. The second-order valence-electron chi connectivity index (χ2n) is 5.08. The standard InChI is InChI=1S/C14H20N2S/c1-14(2,3)16-13(9-15)11-17-10-12-7-5-4-6-8-12/h4-8,13,16H,10-11H2,1-3H3. The van der Waals surface area contributed by atoms with Crippen LogP contribution >= 0.6 is 11.8 Å². The van der Waals surface area contributed by atoms with Crippen LogP contribution in [0.5, 0.6) is 0 Å². The van der Waals surface area contributed by atoms with Crippen LogP contribution in [0.4, 0.5) is 0 Å². The zero-order chi connectivity index (χ0) is 12.7. The lowest BCUT2D eigenvalue weighted by molar-refractivity contribution is 0.410. The molecule has 1 N–H and O–H groups in total. The predicted octanol–water partition coefficient (Wildman–Crippen LogP) is 3.20. The molecule has 2 nitrogen and oxygen atoms in total. The summed E-state index contributed by atoms with van der Waals surface area (Å²) in [6, 6.07) is 12.6. The van der Waals surface area contributed by atoms with Gasteiger partial charge in [-0.2, -0.15) is 17.0 Å². The molecular weight excluding hydrogens is 228 g/mol. The minimum atomic E-state index is -0.0799. The molecule has 1 unspecified atom stereocenters. The van der Waals surface area contributed by atoms with Crippen LogP contribution in [-0.2, 0) is 5.75 Å². The number of nitrogens with zero attached hydrogens (tertiary/aromatic N) is 1. The third-order valence-corrected chi connectivity index (χ3v) is 3.27. The van der Waals surface area contributed by atoms with Crippen LogP contribution in [0.25, 0.3) is 0 Å². The highest BCUT2D eigenvalue weighted by molar-refractivity contribution is 7.98. The van der Waals surface area contributed by atoms with Crippen LogP contribution in [0.2, 0.25) is 0 Å². The highest BCUT2D eigenvalue weighted by Crippen LogP contribution is 2.13. The molecule has 0 heterocycles. The average Bonchev–Trinajstić information content (AvgIpc) is 2.27. The van der Waals surface area contributed by atoms with Crippen molar-refractivity contribution in [1.82, 2.24) is 5.32 Å². The minimum Gasteiger partial charge on any atom is -0.296 e. The lowest BCUT2D eigenvalue weighted by atomic mass is 10.1. The van der Waals surface area contributed by atoms with Gasteiger partial charge in [0.05, 0.1) is 6.07 Å². The summed E-state index contributed by atoms with van der Waals surface area (Å²) in [7, 11) is 0. The van der Waals surface area contributed by atoms with E-state index in [1.54, 1.807) is 11.8 Å². The number of hydrogen-bond acceptors (Lipinski definition) is 3. The SMILES string of the molecule is CC(C)(C)NC(C#N)CSCc1ccccc1. The van der Waals surface area contributed by atoms with E-state index < -0.39 is 0 Å². The van der Waals surface area contributed by atoms with E-state index in [2.05, 4.69) is 44.3 Å². The zero-order valence-electron chi connectivity index (χ0n) is 10.7. The summed E-state index contributed by atoms with van der Waals surface area (Å²) in [5, 5.41) is 12.4. The molecule has 0 bridgehead atoms. The van der Waals surface area contributed by atoms with E-state index in [0.717, 1.165) is 11.5 Å². The molecule has 3 heteroatoms. The Kier molecular flexibility index (Phi) is 5.54. The summed E-state index contributed by atoms with van der Waals surface area (Å²) in [6.07, 6.45) is 0. The van der Waals surface area contributed by atoms with E-state index in [0.29, 0.717) is 0 Å². The fraction of sp³-hybridized carbons (Fsp3) is 0.500. The average molecular weight is 248 g/mol. The minimum absolute atomic E-state index is 0.00625. The molecule has 1 rings (SSSR count). The monoisotopic (exact) mass is 248 g/mol. The van der Waals surface area contributed by atoms with Crippen LogP contribution in [-0.4, -0.2) is 17.3 Å². The van der Waals surface area contributed by atoms with E-state index in [1.165, 1.54) is 5.56 Å². The van der Waals surface area contributed by atoms with Gasteiger partial charge in [0.1, 0.15) is 6.04 Å². The Morgan fingerprint density at radius 2 is 1.94 bits per heavy atom. The molecule has 0 saturated heterocycles. The maximum Gasteiger partial charge on any atom is 0.105 e. The van der Waals surface area contributed by atoms with Crippen molar-refractivity contribution in [1.29, 1.82) is 5.26 Å². The fourth-order valence-electron chi connectivity index (χ4n) is 1.50. The molecule has 0 aliphatic heterocycles. The molecule has 0 aromatic heterocycles. The largest absolute Gasteiger partial charge is 0.296 e. The molecule has 92 valence electrons. The quantitative estimate of drug-likeness (QED) is 0.869. The maximum absolute atomic E-state index is 9.06. The first-order valence-corrected chi connectivity index (χ1v) is 6.96. The number of rotatable bonds is 5. The van der Waals surface area contributed by atoms with E-state index in [9.17, 15) is 0 Å². The fourth-order valence-corrected chi connectivity index (χ4v) is 2.44. The van der Waals surface area contributed by atoms with Crippen molar-refractivity contribution in [3.8, 4) is 6.07 Å². The normalized spacial score (nSPS) is 13.1. The Morgan fingerprint density at radius 3 is 2.47 bits per heavy atom. The topological polar surface area (TPSA) is 35.8 Å². The molecule has 0 aliphatic rings. The zero-order valence-corrected chi connectivity index (χ0v) is 11.6. The third-order valence-electron chi connectivity index (χ3n) is 2.16. The van der Waals surface area contributed by atoms with Crippen LogP contribution in [0.1, 0.15) is 26.3 Å². The third kappa shape index (κ3) is 6.35. The predicted molar refractivity (Wildman–Crippen MR) is 74.9 cm³/mol. The van der Waals surface area contributed by atoms with Crippen molar-refractivity contribution in [2.75, 3.05) is 5.75 Å². The molecule has 0 radical (unpaired) electrons. The van der Waals surface area contributed by atoms with Crippen LogP contribution in [0.15, 0.2) is 30.3 Å². The highest BCUT2D eigenvalue weighted by atomic mass is 32.2. The second-order valence-corrected chi connectivity index (χ2v) is 6.11. The molecule has 0 aliphatic carbocycles. The van der Waals surface area contributed by atoms with Crippen molar-refractivity contribution in [2.45, 2.75) is 38.1 Å². The van der Waals surface area contributed by atoms with E-state index >= 15 is 0 Å². The van der Waals surface area contributed by atoms with Gasteiger partial charge < -0.3 is 0 Å². The molecule has 1 aromatic rings. The summed E-state index contributed by atoms with van der Waals surface area (Å²) in [6.45, 7) is 6.25. The van der Waals surface area contributed by atoms with E-state index in [4.69, 9.17) is 5.26 Å². The van der Waals surface area contributed by atoms with Crippen LogP contribution in [0.3, 0.4) is 0 Å². The number of benzene rings is 1. The van der Waals surface area contributed by atoms with Gasteiger partial charge in [-0.3, -0.25) is 5.32 Å². The van der Waals surface area contributed by atoms with Gasteiger partial charge in [0.2, 0.25) is 0 Å². The molecule has 0 fully saturated rings. The van der Waals surface area contributed by atoms with Gasteiger partial charge in [-0.1, -0.05) is 30.3 Å². The van der Waals surface area contributed by atoms with E-state index in [1.807, 2.05) is 18.2 Å². The Hall–Kier alpha value is -0.980. The van der Waals surface area contributed by atoms with Gasteiger partial charge in [-0.25, -0.2) is 0 Å². The summed E-state index contributed by atoms with van der Waals surface area (Å²) in [4.78, 5) is 0. The lowest BCUT2D eigenvalue weighted by Gasteiger charge is -2.24. The van der Waals surface area contributed by atoms with Crippen molar-refractivity contribution in [2.24, 2.45) is 0 Å². The van der Waals surface area contributed by atoms with Gasteiger partial charge in [0, 0.05) is 17.0 Å². The molecule has 1 aromatic carbocycles. The van der Waals surface area contributed by atoms with Crippen LogP contribution in [0, 0.1) is 11.3 Å². The first-order valence-electron chi connectivity index (χ1n) is 5.80. The van der Waals surface area contributed by atoms with Gasteiger partial charge >= 0.3 is 0 Å². The molecule has 0 spiro atoms. The molecule has 17 heavy (non-hydrogen) atoms. The maximum atomic E-state index is 9.06. The first-order chi connectivity index (χ1) is 8.01. The Balaban J connectivity index is 2.32. The molecular formula is C14H20N2S. The van der Waals surface area contributed by atoms with Gasteiger partial charge in [0.25, 0.3) is 0 Å². The Bertz CT molecular complexity index is 362. The van der Waals surface area contributed by atoms with Crippen molar-refractivity contribution >= 4 is 11.8 Å². The smallest absolute Gasteiger partial charge is 0.105 e. The van der Waals surface area contributed by atoms with Crippen molar-refractivity contribution < 1.29 is 0 Å². The molecule has 0 saturated carbocycles.